The summed E-state index contributed by atoms with van der Waals surface area (Å²) >= 11 is 0. The number of carbonyl (C=O) groups excluding carboxylic acids is 3. The third-order valence-corrected chi connectivity index (χ3v) is 7.67. The number of methoxy groups -OCH3 is 1. The standard InChI is InChI=1S/C31H38N4O4/c1-3-7-28(36)31(24-8-5-4-6-9-24)16-18-35(19-17-31)30(38)27(20-23-10-13-26(39-2)14-11-23)34-29(37)15-12-25-21-32-22-33-25/h4-6,8-11,13-14,21-22,27H,3,7,12,15-20H2,1-2H3,(H,32,33)(H,34,37)/t27-/m1/s1. The van der Waals surface area contributed by atoms with Gasteiger partial charge in [0.25, 0.3) is 0 Å². The number of likely N-dealkylation sites (tertiary alicyclic amines) is 1. The lowest BCUT2D eigenvalue weighted by atomic mass is 9.68. The van der Waals surface area contributed by atoms with E-state index in [1.54, 1.807) is 19.6 Å². The minimum absolute atomic E-state index is 0.120. The van der Waals surface area contributed by atoms with E-state index in [1.165, 1.54) is 0 Å². The van der Waals surface area contributed by atoms with Crippen molar-refractivity contribution in [3.63, 3.8) is 0 Å². The number of piperidine rings is 1. The molecule has 0 unspecified atom stereocenters. The molecule has 2 amide bonds. The highest BCUT2D eigenvalue weighted by Gasteiger charge is 2.43. The van der Waals surface area contributed by atoms with E-state index in [1.807, 2.05) is 66.4 Å². The number of aromatic nitrogens is 2. The number of hydrogen-bond acceptors (Lipinski definition) is 5. The lowest BCUT2D eigenvalue weighted by molar-refractivity contribution is -0.139. The summed E-state index contributed by atoms with van der Waals surface area (Å²) < 4.78 is 5.26. The van der Waals surface area contributed by atoms with Gasteiger partial charge in [0, 0.05) is 44.2 Å². The molecule has 1 atom stereocenters. The fraction of sp³-hybridized carbons (Fsp3) is 0.419. The molecule has 206 valence electrons. The molecular formula is C31H38N4O4. The van der Waals surface area contributed by atoms with Crippen molar-refractivity contribution in [2.24, 2.45) is 0 Å². The van der Waals surface area contributed by atoms with Crippen LogP contribution in [0.4, 0.5) is 0 Å². The van der Waals surface area contributed by atoms with Crippen molar-refractivity contribution in [3.05, 3.63) is 83.9 Å². The maximum atomic E-state index is 13.8. The van der Waals surface area contributed by atoms with Crippen LogP contribution in [0.5, 0.6) is 5.75 Å². The first-order valence-electron chi connectivity index (χ1n) is 13.7. The fourth-order valence-corrected chi connectivity index (χ4v) is 5.41. The second kappa shape index (κ2) is 13.2. The second-order valence-corrected chi connectivity index (χ2v) is 10.2. The zero-order valence-electron chi connectivity index (χ0n) is 22.8. The fourth-order valence-electron chi connectivity index (χ4n) is 5.41. The number of H-pyrrole nitrogens is 1. The summed E-state index contributed by atoms with van der Waals surface area (Å²) in [6, 6.07) is 16.8. The van der Waals surface area contributed by atoms with Gasteiger partial charge in [-0.15, -0.1) is 0 Å². The quantitative estimate of drug-likeness (QED) is 0.368. The molecule has 0 aliphatic carbocycles. The Morgan fingerprint density at radius 1 is 1.05 bits per heavy atom. The number of amides is 2. The molecule has 1 aliphatic heterocycles. The molecule has 2 N–H and O–H groups in total. The number of imidazole rings is 1. The van der Waals surface area contributed by atoms with Crippen molar-refractivity contribution >= 4 is 17.6 Å². The van der Waals surface area contributed by atoms with Crippen LogP contribution in [0.2, 0.25) is 0 Å². The predicted molar refractivity (Wildman–Crippen MR) is 149 cm³/mol. The van der Waals surface area contributed by atoms with Crippen LogP contribution in [0, 0.1) is 0 Å². The zero-order chi connectivity index (χ0) is 27.7. The Morgan fingerprint density at radius 3 is 2.38 bits per heavy atom. The summed E-state index contributed by atoms with van der Waals surface area (Å²) in [5.41, 5.74) is 2.25. The van der Waals surface area contributed by atoms with Crippen molar-refractivity contribution in [1.29, 1.82) is 0 Å². The number of nitrogens with one attached hydrogen (secondary N) is 2. The van der Waals surface area contributed by atoms with Gasteiger partial charge in [0.15, 0.2) is 0 Å². The van der Waals surface area contributed by atoms with Crippen LogP contribution in [-0.4, -0.2) is 58.7 Å². The number of aryl methyl sites for hydroxylation is 1. The topological polar surface area (TPSA) is 104 Å². The molecule has 1 aliphatic rings. The molecule has 2 aromatic carbocycles. The van der Waals surface area contributed by atoms with Gasteiger partial charge in [-0.05, 0) is 48.9 Å². The molecular weight excluding hydrogens is 492 g/mol. The molecule has 0 bridgehead atoms. The molecule has 8 heteroatoms. The first-order valence-corrected chi connectivity index (χ1v) is 13.7. The van der Waals surface area contributed by atoms with Crippen LogP contribution < -0.4 is 10.1 Å². The van der Waals surface area contributed by atoms with Gasteiger partial charge < -0.3 is 19.9 Å². The first-order chi connectivity index (χ1) is 18.9. The Balaban J connectivity index is 1.48. The zero-order valence-corrected chi connectivity index (χ0v) is 22.8. The number of rotatable bonds is 12. The van der Waals surface area contributed by atoms with E-state index in [9.17, 15) is 14.4 Å². The summed E-state index contributed by atoms with van der Waals surface area (Å²) in [6.07, 6.45) is 6.87. The molecule has 8 nitrogen and oxygen atoms in total. The van der Waals surface area contributed by atoms with Gasteiger partial charge in [-0.2, -0.15) is 0 Å². The van der Waals surface area contributed by atoms with E-state index < -0.39 is 11.5 Å². The van der Waals surface area contributed by atoms with Gasteiger partial charge in [0.1, 0.15) is 17.6 Å². The molecule has 1 saturated heterocycles. The Kier molecular flexibility index (Phi) is 9.52. The maximum absolute atomic E-state index is 13.8. The number of carbonyl (C=O) groups is 3. The van der Waals surface area contributed by atoms with Gasteiger partial charge in [-0.25, -0.2) is 4.98 Å². The lowest BCUT2D eigenvalue weighted by Gasteiger charge is -2.42. The molecule has 0 spiro atoms. The maximum Gasteiger partial charge on any atom is 0.245 e. The second-order valence-electron chi connectivity index (χ2n) is 10.2. The SMILES string of the molecule is CCCC(=O)C1(c2ccccc2)CCN(C(=O)[C@@H](Cc2ccc(OC)cc2)NC(=O)CCc2cnc[nH]2)CC1. The average molecular weight is 531 g/mol. The molecule has 2 heterocycles. The number of hydrogen-bond donors (Lipinski definition) is 2. The normalized spacial score (nSPS) is 15.4. The molecule has 0 saturated carbocycles. The van der Waals surface area contributed by atoms with Crippen LogP contribution in [-0.2, 0) is 32.6 Å². The van der Waals surface area contributed by atoms with Crippen molar-refractivity contribution in [2.75, 3.05) is 20.2 Å². The minimum Gasteiger partial charge on any atom is -0.497 e. The van der Waals surface area contributed by atoms with Gasteiger partial charge >= 0.3 is 0 Å². The number of aromatic amines is 1. The van der Waals surface area contributed by atoms with Crippen LogP contribution in [0.25, 0.3) is 0 Å². The highest BCUT2D eigenvalue weighted by molar-refractivity contribution is 5.91. The van der Waals surface area contributed by atoms with E-state index in [0.717, 1.165) is 29.0 Å². The van der Waals surface area contributed by atoms with E-state index in [2.05, 4.69) is 15.3 Å². The highest BCUT2D eigenvalue weighted by atomic mass is 16.5. The third kappa shape index (κ3) is 6.93. The molecule has 3 aromatic rings. The summed E-state index contributed by atoms with van der Waals surface area (Å²) in [5, 5.41) is 2.99. The molecule has 1 aromatic heterocycles. The average Bonchev–Trinajstić information content (AvgIpc) is 3.50. The van der Waals surface area contributed by atoms with E-state index in [0.29, 0.717) is 45.2 Å². The Labute approximate surface area is 230 Å². The molecule has 4 rings (SSSR count). The summed E-state index contributed by atoms with van der Waals surface area (Å²) in [6.45, 7) is 2.95. The van der Waals surface area contributed by atoms with Crippen molar-refractivity contribution < 1.29 is 19.1 Å². The molecule has 39 heavy (non-hydrogen) atoms. The van der Waals surface area contributed by atoms with Gasteiger partial charge in [-0.3, -0.25) is 14.4 Å². The number of Topliss-reactive ketones (excluding diaryl/α,β-unsaturated/α-hetero) is 1. The van der Waals surface area contributed by atoms with Crippen LogP contribution in [0.3, 0.4) is 0 Å². The van der Waals surface area contributed by atoms with Crippen LogP contribution >= 0.6 is 0 Å². The number of ether oxygens (including phenoxy) is 1. The van der Waals surface area contributed by atoms with Crippen molar-refractivity contribution in [2.45, 2.75) is 63.3 Å². The molecule has 1 fully saturated rings. The monoisotopic (exact) mass is 530 g/mol. The van der Waals surface area contributed by atoms with E-state index in [-0.39, 0.29) is 24.0 Å². The van der Waals surface area contributed by atoms with E-state index >= 15 is 0 Å². The number of ketones is 1. The Hall–Kier alpha value is -3.94. The summed E-state index contributed by atoms with van der Waals surface area (Å²) in [7, 11) is 1.61. The summed E-state index contributed by atoms with van der Waals surface area (Å²) in [5.74, 6) is 0.663. The van der Waals surface area contributed by atoms with Crippen LogP contribution in [0.1, 0.15) is 55.8 Å². The van der Waals surface area contributed by atoms with Crippen molar-refractivity contribution in [3.8, 4) is 5.75 Å². The van der Waals surface area contributed by atoms with E-state index in [4.69, 9.17) is 4.74 Å². The van der Waals surface area contributed by atoms with Gasteiger partial charge in [0.05, 0.1) is 18.9 Å². The first kappa shape index (κ1) is 28.1. The molecule has 0 radical (unpaired) electrons. The predicted octanol–water partition coefficient (Wildman–Crippen LogP) is 4.01. The minimum atomic E-state index is -0.705. The summed E-state index contributed by atoms with van der Waals surface area (Å²) in [4.78, 5) is 48.9. The smallest absolute Gasteiger partial charge is 0.245 e. The highest BCUT2D eigenvalue weighted by Crippen LogP contribution is 2.38. The van der Waals surface area contributed by atoms with Crippen molar-refractivity contribution in [1.82, 2.24) is 20.2 Å². The van der Waals surface area contributed by atoms with Gasteiger partial charge in [0.2, 0.25) is 11.8 Å². The Morgan fingerprint density at radius 2 is 1.77 bits per heavy atom. The number of nitrogens with zero attached hydrogens (tertiary/aromatic N) is 2. The largest absolute Gasteiger partial charge is 0.497 e. The Bertz CT molecular complexity index is 1220. The number of benzene rings is 2. The van der Waals surface area contributed by atoms with Gasteiger partial charge in [-0.1, -0.05) is 49.4 Å². The third-order valence-electron chi connectivity index (χ3n) is 7.67. The van der Waals surface area contributed by atoms with Crippen LogP contribution in [0.15, 0.2) is 67.1 Å². The lowest BCUT2D eigenvalue weighted by Crippen LogP contribution is -2.55.